The summed E-state index contributed by atoms with van der Waals surface area (Å²) in [5.74, 6) is -0.718. The molecule has 3 aliphatic rings. The van der Waals surface area contributed by atoms with Crippen LogP contribution in [0.25, 0.3) is 11.1 Å². The molecule has 2 aromatic rings. The molecule has 5 nitrogen and oxygen atoms in total. The molecule has 30 heavy (non-hydrogen) atoms. The lowest BCUT2D eigenvalue weighted by atomic mass is 9.74. The Hall–Kier alpha value is -2.82. The number of amides is 1. The number of benzene rings is 2. The molecule has 0 radical (unpaired) electrons. The molecule has 2 fully saturated rings. The Morgan fingerprint density at radius 1 is 1.00 bits per heavy atom. The van der Waals surface area contributed by atoms with E-state index in [1.165, 1.54) is 22.3 Å². The predicted octanol–water partition coefficient (Wildman–Crippen LogP) is 4.90. The molecule has 0 unspecified atom stereocenters. The Morgan fingerprint density at radius 3 is 2.33 bits per heavy atom. The Kier molecular flexibility index (Phi) is 4.76. The normalized spacial score (nSPS) is 25.2. The Morgan fingerprint density at radius 2 is 1.67 bits per heavy atom. The average Bonchev–Trinajstić information content (AvgIpc) is 3.22. The van der Waals surface area contributed by atoms with Crippen molar-refractivity contribution in [1.82, 2.24) is 4.90 Å². The molecule has 1 heterocycles. The van der Waals surface area contributed by atoms with E-state index in [-0.39, 0.29) is 31.1 Å². The van der Waals surface area contributed by atoms with Crippen LogP contribution in [-0.4, -0.2) is 41.8 Å². The summed E-state index contributed by atoms with van der Waals surface area (Å²) in [5.41, 5.74) is 3.95. The second-order valence-electron chi connectivity index (χ2n) is 8.94. The topological polar surface area (TPSA) is 66.8 Å². The molecule has 1 saturated carbocycles. The van der Waals surface area contributed by atoms with Crippen LogP contribution >= 0.6 is 0 Å². The van der Waals surface area contributed by atoms with Crippen molar-refractivity contribution in [3.8, 4) is 11.1 Å². The van der Waals surface area contributed by atoms with Crippen LogP contribution in [0.3, 0.4) is 0 Å². The zero-order valence-electron chi connectivity index (χ0n) is 17.0. The third-order valence-corrected chi connectivity index (χ3v) is 7.39. The van der Waals surface area contributed by atoms with Crippen LogP contribution in [0.2, 0.25) is 0 Å². The molecular formula is C25H27NO4. The van der Waals surface area contributed by atoms with Gasteiger partial charge in [0.15, 0.2) is 0 Å². The quantitative estimate of drug-likeness (QED) is 0.789. The second kappa shape index (κ2) is 7.46. The fourth-order valence-electron chi connectivity index (χ4n) is 5.81. The van der Waals surface area contributed by atoms with Gasteiger partial charge in [-0.15, -0.1) is 0 Å². The number of carboxylic acid groups (broad SMARTS) is 1. The van der Waals surface area contributed by atoms with Gasteiger partial charge in [-0.1, -0.05) is 67.8 Å². The summed E-state index contributed by atoms with van der Waals surface area (Å²) in [7, 11) is 0. The number of rotatable bonds is 3. The maximum Gasteiger partial charge on any atom is 0.409 e. The predicted molar refractivity (Wildman–Crippen MR) is 113 cm³/mol. The first kappa shape index (κ1) is 19.2. The van der Waals surface area contributed by atoms with E-state index in [1.807, 2.05) is 24.3 Å². The molecule has 1 saturated heterocycles. The zero-order chi connectivity index (χ0) is 20.7. The number of hydrogen-bond donors (Lipinski definition) is 1. The van der Waals surface area contributed by atoms with E-state index in [1.54, 1.807) is 4.90 Å². The third-order valence-electron chi connectivity index (χ3n) is 7.39. The van der Waals surface area contributed by atoms with E-state index in [0.29, 0.717) is 13.0 Å². The van der Waals surface area contributed by atoms with Gasteiger partial charge in [-0.3, -0.25) is 4.79 Å². The lowest BCUT2D eigenvalue weighted by molar-refractivity contribution is -0.150. The van der Waals surface area contributed by atoms with Gasteiger partial charge in [0, 0.05) is 19.0 Å². The first-order valence-corrected chi connectivity index (χ1v) is 10.9. The highest BCUT2D eigenvalue weighted by Crippen LogP contribution is 2.47. The zero-order valence-corrected chi connectivity index (χ0v) is 17.0. The summed E-state index contributed by atoms with van der Waals surface area (Å²) in [6.45, 7) is 1.03. The van der Waals surface area contributed by atoms with Gasteiger partial charge in [-0.05, 0) is 41.0 Å². The number of fused-ring (bicyclic) bond motifs is 4. The number of ether oxygens (including phenoxy) is 1. The van der Waals surface area contributed by atoms with Gasteiger partial charge in [0.2, 0.25) is 0 Å². The van der Waals surface area contributed by atoms with Crippen molar-refractivity contribution in [2.24, 2.45) is 11.3 Å². The molecule has 2 atom stereocenters. The number of nitrogens with zero attached hydrogens (tertiary/aromatic N) is 1. The number of hydrogen-bond acceptors (Lipinski definition) is 3. The summed E-state index contributed by atoms with van der Waals surface area (Å²) in [6.07, 6.45) is 4.18. The number of carboxylic acids is 1. The first-order chi connectivity index (χ1) is 14.6. The molecular weight excluding hydrogens is 378 g/mol. The number of carbonyl (C=O) groups is 2. The van der Waals surface area contributed by atoms with E-state index < -0.39 is 11.4 Å². The second-order valence-corrected chi connectivity index (χ2v) is 8.94. The average molecular weight is 405 g/mol. The molecule has 0 spiro atoms. The van der Waals surface area contributed by atoms with E-state index in [0.717, 1.165) is 25.7 Å². The maximum absolute atomic E-state index is 12.9. The summed E-state index contributed by atoms with van der Waals surface area (Å²) in [6, 6.07) is 16.5. The molecule has 5 heteroatoms. The fourth-order valence-corrected chi connectivity index (χ4v) is 5.81. The van der Waals surface area contributed by atoms with E-state index >= 15 is 0 Å². The first-order valence-electron chi connectivity index (χ1n) is 10.9. The van der Waals surface area contributed by atoms with E-state index in [4.69, 9.17) is 4.74 Å². The molecule has 2 aliphatic carbocycles. The van der Waals surface area contributed by atoms with Crippen molar-refractivity contribution < 1.29 is 19.4 Å². The highest BCUT2D eigenvalue weighted by molar-refractivity contribution is 5.80. The largest absolute Gasteiger partial charge is 0.481 e. The SMILES string of the molecule is O=C(OCC1c2ccccc2-c2ccccc21)N1C[C@H]2CCCCC[C@@]2(C(=O)O)C1. The highest BCUT2D eigenvalue weighted by Gasteiger charge is 2.53. The molecule has 1 aliphatic heterocycles. The van der Waals surface area contributed by atoms with Crippen LogP contribution in [0.15, 0.2) is 48.5 Å². The Labute approximate surface area is 176 Å². The molecule has 0 aromatic heterocycles. The van der Waals surface area contributed by atoms with Gasteiger partial charge >= 0.3 is 12.1 Å². The summed E-state index contributed by atoms with van der Waals surface area (Å²) in [4.78, 5) is 26.7. The minimum Gasteiger partial charge on any atom is -0.481 e. The lowest BCUT2D eigenvalue weighted by Gasteiger charge is -2.28. The van der Waals surface area contributed by atoms with E-state index in [2.05, 4.69) is 24.3 Å². The van der Waals surface area contributed by atoms with Crippen molar-refractivity contribution in [2.75, 3.05) is 19.7 Å². The minimum absolute atomic E-state index is 0.0165. The van der Waals surface area contributed by atoms with Crippen LogP contribution in [0.5, 0.6) is 0 Å². The molecule has 1 N–H and O–H groups in total. The van der Waals surface area contributed by atoms with Crippen molar-refractivity contribution in [1.29, 1.82) is 0 Å². The Balaban J connectivity index is 1.32. The van der Waals surface area contributed by atoms with Crippen molar-refractivity contribution in [2.45, 2.75) is 38.0 Å². The number of aliphatic carboxylic acids is 1. The van der Waals surface area contributed by atoms with Crippen molar-refractivity contribution >= 4 is 12.1 Å². The highest BCUT2D eigenvalue weighted by atomic mass is 16.6. The van der Waals surface area contributed by atoms with Gasteiger partial charge < -0.3 is 14.7 Å². The summed E-state index contributed by atoms with van der Waals surface area (Å²) in [5, 5.41) is 9.97. The smallest absolute Gasteiger partial charge is 0.409 e. The van der Waals surface area contributed by atoms with Crippen LogP contribution in [0.1, 0.15) is 49.1 Å². The van der Waals surface area contributed by atoms with Gasteiger partial charge in [0.05, 0.1) is 5.41 Å². The van der Waals surface area contributed by atoms with E-state index in [9.17, 15) is 14.7 Å². The van der Waals surface area contributed by atoms with Gasteiger partial charge in [-0.2, -0.15) is 0 Å². The molecule has 2 aromatic carbocycles. The monoisotopic (exact) mass is 405 g/mol. The standard InChI is InChI=1S/C25H27NO4/c27-23(28)25-13-7-1-2-8-17(25)14-26(16-25)24(29)30-15-22-20-11-5-3-9-18(20)19-10-4-6-12-21(19)22/h3-6,9-12,17,22H,1-2,7-8,13-16H2,(H,27,28)/t17-,25-/m1/s1. The van der Waals surface area contributed by atoms with Gasteiger partial charge in [0.25, 0.3) is 0 Å². The van der Waals surface area contributed by atoms with Gasteiger partial charge in [-0.25, -0.2) is 4.79 Å². The third kappa shape index (κ3) is 2.99. The molecule has 0 bridgehead atoms. The van der Waals surface area contributed by atoms with Gasteiger partial charge in [0.1, 0.15) is 6.61 Å². The Bertz CT molecular complexity index is 941. The number of carbonyl (C=O) groups excluding carboxylic acids is 1. The lowest BCUT2D eigenvalue weighted by Crippen LogP contribution is -2.39. The maximum atomic E-state index is 12.9. The summed E-state index contributed by atoms with van der Waals surface area (Å²) >= 11 is 0. The van der Waals surface area contributed by atoms with Crippen LogP contribution in [-0.2, 0) is 9.53 Å². The minimum atomic E-state index is -0.803. The van der Waals surface area contributed by atoms with Crippen LogP contribution < -0.4 is 0 Å². The van der Waals surface area contributed by atoms with Crippen LogP contribution in [0.4, 0.5) is 4.79 Å². The van der Waals surface area contributed by atoms with Crippen molar-refractivity contribution in [3.63, 3.8) is 0 Å². The number of likely N-dealkylation sites (tertiary alicyclic amines) is 1. The van der Waals surface area contributed by atoms with Crippen LogP contribution in [0, 0.1) is 11.3 Å². The van der Waals surface area contributed by atoms with Crippen molar-refractivity contribution in [3.05, 3.63) is 59.7 Å². The molecule has 1 amide bonds. The molecule has 5 rings (SSSR count). The molecule has 156 valence electrons. The fraction of sp³-hybridized carbons (Fsp3) is 0.440. The summed E-state index contributed by atoms with van der Waals surface area (Å²) < 4.78 is 5.78.